The standard InChI is InChI=1S/C15H21NO/c1-13-6-5-11-16(12-13)15(17)10-9-14-7-3-2-4-8-14/h2-4,7-8,13H,5-6,9-12H2,1H3/t13-/m0/s1. The molecule has 92 valence electrons. The van der Waals surface area contributed by atoms with E-state index in [1.54, 1.807) is 0 Å². The zero-order valence-electron chi connectivity index (χ0n) is 10.6. The Kier molecular flexibility index (Phi) is 4.18. The fourth-order valence-corrected chi connectivity index (χ4v) is 2.47. The summed E-state index contributed by atoms with van der Waals surface area (Å²) in [5.41, 5.74) is 1.26. The fraction of sp³-hybridized carbons (Fsp3) is 0.533. The van der Waals surface area contributed by atoms with E-state index in [9.17, 15) is 4.79 Å². The van der Waals surface area contributed by atoms with E-state index in [-0.39, 0.29) is 0 Å². The first kappa shape index (κ1) is 12.2. The molecule has 0 aromatic heterocycles. The Morgan fingerprint density at radius 2 is 2.12 bits per heavy atom. The summed E-state index contributed by atoms with van der Waals surface area (Å²) in [5, 5.41) is 0. The lowest BCUT2D eigenvalue weighted by Gasteiger charge is -2.31. The Hall–Kier alpha value is -1.31. The smallest absolute Gasteiger partial charge is 0.222 e. The highest BCUT2D eigenvalue weighted by molar-refractivity contribution is 5.76. The minimum Gasteiger partial charge on any atom is -0.342 e. The lowest BCUT2D eigenvalue weighted by atomic mass is 9.99. The van der Waals surface area contributed by atoms with Crippen molar-refractivity contribution in [2.45, 2.75) is 32.6 Å². The van der Waals surface area contributed by atoms with E-state index in [2.05, 4.69) is 19.1 Å². The van der Waals surface area contributed by atoms with E-state index in [1.807, 2.05) is 23.1 Å². The molecule has 1 aliphatic rings. The molecular weight excluding hydrogens is 210 g/mol. The van der Waals surface area contributed by atoms with Crippen molar-refractivity contribution in [1.82, 2.24) is 4.90 Å². The second-order valence-electron chi connectivity index (χ2n) is 5.07. The van der Waals surface area contributed by atoms with Crippen LogP contribution in [0, 0.1) is 5.92 Å². The van der Waals surface area contributed by atoms with Crippen molar-refractivity contribution in [2.24, 2.45) is 5.92 Å². The van der Waals surface area contributed by atoms with Crippen molar-refractivity contribution in [3.8, 4) is 0 Å². The predicted molar refractivity (Wildman–Crippen MR) is 69.7 cm³/mol. The Bertz CT molecular complexity index is 360. The molecule has 2 heteroatoms. The first-order valence-corrected chi connectivity index (χ1v) is 6.57. The maximum Gasteiger partial charge on any atom is 0.222 e. The van der Waals surface area contributed by atoms with Crippen LogP contribution in [0.15, 0.2) is 30.3 Å². The minimum atomic E-state index is 0.320. The summed E-state index contributed by atoms with van der Waals surface area (Å²) in [7, 11) is 0. The normalized spacial score (nSPS) is 20.3. The Balaban J connectivity index is 1.81. The van der Waals surface area contributed by atoms with E-state index in [4.69, 9.17) is 0 Å². The summed E-state index contributed by atoms with van der Waals surface area (Å²) in [6, 6.07) is 10.3. The molecule has 0 unspecified atom stereocenters. The van der Waals surface area contributed by atoms with E-state index >= 15 is 0 Å². The van der Waals surface area contributed by atoms with Gasteiger partial charge in [0.25, 0.3) is 0 Å². The molecule has 0 spiro atoms. The minimum absolute atomic E-state index is 0.320. The summed E-state index contributed by atoms with van der Waals surface area (Å²) in [6.07, 6.45) is 3.95. The molecule has 1 aromatic rings. The molecule has 2 nitrogen and oxygen atoms in total. The van der Waals surface area contributed by atoms with Gasteiger partial charge < -0.3 is 4.90 Å². The van der Waals surface area contributed by atoms with Crippen LogP contribution in [-0.4, -0.2) is 23.9 Å². The molecule has 17 heavy (non-hydrogen) atoms. The van der Waals surface area contributed by atoms with Crippen LogP contribution >= 0.6 is 0 Å². The van der Waals surface area contributed by atoms with Gasteiger partial charge in [0.2, 0.25) is 5.91 Å². The fourth-order valence-electron chi connectivity index (χ4n) is 2.47. The number of nitrogens with zero attached hydrogens (tertiary/aromatic N) is 1. The number of likely N-dealkylation sites (tertiary alicyclic amines) is 1. The molecule has 0 bridgehead atoms. The molecule has 1 atom stereocenters. The quantitative estimate of drug-likeness (QED) is 0.783. The van der Waals surface area contributed by atoms with Crippen molar-refractivity contribution in [2.75, 3.05) is 13.1 Å². The summed E-state index contributed by atoms with van der Waals surface area (Å²) in [6.45, 7) is 4.14. The zero-order valence-corrected chi connectivity index (χ0v) is 10.6. The van der Waals surface area contributed by atoms with Gasteiger partial charge in [0, 0.05) is 19.5 Å². The average Bonchev–Trinajstić information content (AvgIpc) is 2.37. The molecule has 1 amide bonds. The van der Waals surface area contributed by atoms with Gasteiger partial charge >= 0.3 is 0 Å². The summed E-state index contributed by atoms with van der Waals surface area (Å²) in [4.78, 5) is 14.1. The van der Waals surface area contributed by atoms with E-state index in [1.165, 1.54) is 12.0 Å². The van der Waals surface area contributed by atoms with Crippen LogP contribution in [0.25, 0.3) is 0 Å². The first-order valence-electron chi connectivity index (χ1n) is 6.57. The Labute approximate surface area is 104 Å². The van der Waals surface area contributed by atoms with Crippen molar-refractivity contribution >= 4 is 5.91 Å². The lowest BCUT2D eigenvalue weighted by Crippen LogP contribution is -2.39. The molecule has 1 saturated heterocycles. The molecule has 0 radical (unpaired) electrons. The number of carbonyl (C=O) groups is 1. The number of carbonyl (C=O) groups excluding carboxylic acids is 1. The van der Waals surface area contributed by atoms with Gasteiger partial charge in [-0.05, 0) is 30.7 Å². The van der Waals surface area contributed by atoms with Gasteiger partial charge in [-0.1, -0.05) is 37.3 Å². The van der Waals surface area contributed by atoms with Crippen molar-refractivity contribution in [3.63, 3.8) is 0 Å². The third-order valence-electron chi connectivity index (χ3n) is 3.48. The van der Waals surface area contributed by atoms with E-state index in [0.717, 1.165) is 25.9 Å². The monoisotopic (exact) mass is 231 g/mol. The number of amides is 1. The first-order chi connectivity index (χ1) is 8.25. The van der Waals surface area contributed by atoms with Crippen LogP contribution in [0.4, 0.5) is 0 Å². The second kappa shape index (κ2) is 5.85. The molecule has 0 saturated carbocycles. The number of hydrogen-bond donors (Lipinski definition) is 0. The van der Waals surface area contributed by atoms with Gasteiger partial charge in [0.05, 0.1) is 0 Å². The predicted octanol–water partition coefficient (Wildman–Crippen LogP) is 2.88. The number of aryl methyl sites for hydroxylation is 1. The summed E-state index contributed by atoms with van der Waals surface area (Å²) in [5.74, 6) is 0.991. The van der Waals surface area contributed by atoms with Gasteiger partial charge in [-0.3, -0.25) is 4.79 Å². The van der Waals surface area contributed by atoms with Crippen LogP contribution in [0.2, 0.25) is 0 Å². The summed E-state index contributed by atoms with van der Waals surface area (Å²) >= 11 is 0. The van der Waals surface area contributed by atoms with Crippen LogP contribution in [0.5, 0.6) is 0 Å². The van der Waals surface area contributed by atoms with Crippen LogP contribution < -0.4 is 0 Å². The Morgan fingerprint density at radius 3 is 2.82 bits per heavy atom. The lowest BCUT2D eigenvalue weighted by molar-refractivity contribution is -0.132. The molecular formula is C15H21NO. The van der Waals surface area contributed by atoms with Gasteiger partial charge in [-0.15, -0.1) is 0 Å². The highest BCUT2D eigenvalue weighted by Gasteiger charge is 2.20. The van der Waals surface area contributed by atoms with Gasteiger partial charge in [0.15, 0.2) is 0 Å². The van der Waals surface area contributed by atoms with Crippen molar-refractivity contribution in [3.05, 3.63) is 35.9 Å². The molecule has 0 N–H and O–H groups in total. The van der Waals surface area contributed by atoms with Gasteiger partial charge in [-0.25, -0.2) is 0 Å². The second-order valence-corrected chi connectivity index (χ2v) is 5.07. The maximum atomic E-state index is 12.0. The topological polar surface area (TPSA) is 20.3 Å². The van der Waals surface area contributed by atoms with Gasteiger partial charge in [-0.2, -0.15) is 0 Å². The molecule has 2 rings (SSSR count). The molecule has 1 fully saturated rings. The van der Waals surface area contributed by atoms with Crippen LogP contribution in [0.3, 0.4) is 0 Å². The molecule has 1 aromatic carbocycles. The molecule has 0 aliphatic carbocycles. The van der Waals surface area contributed by atoms with Crippen molar-refractivity contribution in [1.29, 1.82) is 0 Å². The summed E-state index contributed by atoms with van der Waals surface area (Å²) < 4.78 is 0. The number of rotatable bonds is 3. The van der Waals surface area contributed by atoms with Crippen molar-refractivity contribution < 1.29 is 4.79 Å². The third-order valence-corrected chi connectivity index (χ3v) is 3.48. The van der Waals surface area contributed by atoms with E-state index < -0.39 is 0 Å². The Morgan fingerprint density at radius 1 is 1.35 bits per heavy atom. The third kappa shape index (κ3) is 3.58. The number of benzene rings is 1. The zero-order chi connectivity index (χ0) is 12.1. The highest BCUT2D eigenvalue weighted by atomic mass is 16.2. The molecule has 1 aliphatic heterocycles. The SMILES string of the molecule is C[C@H]1CCCN(C(=O)CCc2ccccc2)C1. The number of hydrogen-bond acceptors (Lipinski definition) is 1. The largest absolute Gasteiger partial charge is 0.342 e. The van der Waals surface area contributed by atoms with Crippen LogP contribution in [0.1, 0.15) is 31.7 Å². The molecule has 1 heterocycles. The average molecular weight is 231 g/mol. The van der Waals surface area contributed by atoms with Crippen LogP contribution in [-0.2, 0) is 11.2 Å². The number of piperidine rings is 1. The van der Waals surface area contributed by atoms with E-state index in [0.29, 0.717) is 18.2 Å². The van der Waals surface area contributed by atoms with Gasteiger partial charge in [0.1, 0.15) is 0 Å². The maximum absolute atomic E-state index is 12.0. The highest BCUT2D eigenvalue weighted by Crippen LogP contribution is 2.16.